The van der Waals surface area contributed by atoms with Gasteiger partial charge in [-0.15, -0.1) is 0 Å². The first-order valence-corrected chi connectivity index (χ1v) is 12.6. The number of nitrogens with zero attached hydrogens (tertiary/aromatic N) is 8. The molecule has 1 aliphatic heterocycles. The minimum Gasteiger partial charge on any atom is -0.457 e. The number of benzene rings is 1. The quantitative estimate of drug-likeness (QED) is 0.329. The first kappa shape index (κ1) is 24.3. The lowest BCUT2D eigenvalue weighted by atomic mass is 10.1. The molecule has 0 saturated carbocycles. The molecule has 1 aromatic carbocycles. The summed E-state index contributed by atoms with van der Waals surface area (Å²) in [6.45, 7) is 9.59. The maximum atomic E-state index is 12.1. The SMILES string of the molecule is C=CC(=O)N1CCN(c2ccc3ncnc(Nc4ccc(Oc5ccn6ncnc6c5)c(C)c4)c3n2)[C@@H](C)C1. The van der Waals surface area contributed by atoms with Crippen molar-refractivity contribution in [2.45, 2.75) is 19.9 Å². The van der Waals surface area contributed by atoms with E-state index >= 15 is 0 Å². The van der Waals surface area contributed by atoms with Crippen LogP contribution in [0.4, 0.5) is 17.3 Å². The molecule has 1 saturated heterocycles. The number of carbonyl (C=O) groups excluding carboxylic acids is 1. The number of nitrogens with one attached hydrogen (secondary N) is 1. The van der Waals surface area contributed by atoms with Crippen LogP contribution in [0.15, 0.2) is 74.0 Å². The molecule has 11 nitrogen and oxygen atoms in total. The molecule has 5 aromatic rings. The minimum absolute atomic E-state index is 0.0454. The Kier molecular flexibility index (Phi) is 6.23. The summed E-state index contributed by atoms with van der Waals surface area (Å²) in [5.74, 6) is 2.81. The lowest BCUT2D eigenvalue weighted by Crippen LogP contribution is -2.53. The summed E-state index contributed by atoms with van der Waals surface area (Å²) < 4.78 is 7.79. The van der Waals surface area contributed by atoms with Crippen LogP contribution in [0.5, 0.6) is 11.5 Å². The molecular weight excluding hydrogens is 494 g/mol. The van der Waals surface area contributed by atoms with Crippen molar-refractivity contribution in [1.29, 1.82) is 0 Å². The Morgan fingerprint density at radius 2 is 2.00 bits per heavy atom. The van der Waals surface area contributed by atoms with E-state index in [0.29, 0.717) is 42.4 Å². The monoisotopic (exact) mass is 521 g/mol. The topological polar surface area (TPSA) is 114 Å². The zero-order chi connectivity index (χ0) is 26.9. The van der Waals surface area contributed by atoms with Gasteiger partial charge >= 0.3 is 0 Å². The Bertz CT molecular complexity index is 1700. The first-order chi connectivity index (χ1) is 19.0. The zero-order valence-electron chi connectivity index (χ0n) is 21.7. The molecule has 1 N–H and O–H groups in total. The predicted octanol–water partition coefficient (Wildman–Crippen LogP) is 4.13. The molecule has 1 atom stereocenters. The third-order valence-corrected chi connectivity index (χ3v) is 6.79. The fourth-order valence-electron chi connectivity index (χ4n) is 4.77. The van der Waals surface area contributed by atoms with Crippen molar-refractivity contribution in [3.05, 3.63) is 79.5 Å². The summed E-state index contributed by atoms with van der Waals surface area (Å²) in [4.78, 5) is 34.1. The molecule has 11 heteroatoms. The molecule has 0 radical (unpaired) electrons. The van der Waals surface area contributed by atoms with E-state index in [1.165, 1.54) is 18.7 Å². The van der Waals surface area contributed by atoms with Crippen LogP contribution in [-0.4, -0.2) is 66.0 Å². The van der Waals surface area contributed by atoms with Crippen LogP contribution in [0, 0.1) is 6.92 Å². The number of fused-ring (bicyclic) bond motifs is 2. The number of carbonyl (C=O) groups is 1. The van der Waals surface area contributed by atoms with E-state index in [-0.39, 0.29) is 11.9 Å². The molecule has 1 fully saturated rings. The number of anilines is 3. The highest BCUT2D eigenvalue weighted by Gasteiger charge is 2.27. The van der Waals surface area contributed by atoms with Gasteiger partial charge in [-0.1, -0.05) is 6.58 Å². The Morgan fingerprint density at radius 1 is 1.10 bits per heavy atom. The number of aromatic nitrogens is 6. The van der Waals surface area contributed by atoms with Crippen LogP contribution in [0.1, 0.15) is 12.5 Å². The third-order valence-electron chi connectivity index (χ3n) is 6.79. The predicted molar refractivity (Wildman–Crippen MR) is 148 cm³/mol. The van der Waals surface area contributed by atoms with Crippen LogP contribution in [-0.2, 0) is 4.79 Å². The maximum Gasteiger partial charge on any atom is 0.246 e. The number of ether oxygens (including phenoxy) is 1. The Morgan fingerprint density at radius 3 is 2.82 bits per heavy atom. The van der Waals surface area contributed by atoms with E-state index in [0.717, 1.165) is 28.3 Å². The molecular formula is C28H27N9O2. The molecule has 1 amide bonds. The second-order valence-electron chi connectivity index (χ2n) is 9.42. The highest BCUT2D eigenvalue weighted by atomic mass is 16.5. The van der Waals surface area contributed by atoms with Crippen molar-refractivity contribution in [3.63, 3.8) is 0 Å². The van der Waals surface area contributed by atoms with E-state index < -0.39 is 0 Å². The van der Waals surface area contributed by atoms with Crippen molar-refractivity contribution in [2.75, 3.05) is 29.9 Å². The van der Waals surface area contributed by atoms with Gasteiger partial charge in [-0.2, -0.15) is 5.10 Å². The van der Waals surface area contributed by atoms with Crippen LogP contribution in [0.25, 0.3) is 16.7 Å². The second kappa shape index (κ2) is 10.0. The van der Waals surface area contributed by atoms with E-state index in [2.05, 4.69) is 43.8 Å². The minimum atomic E-state index is -0.0454. The number of aryl methyl sites for hydroxylation is 1. The lowest BCUT2D eigenvalue weighted by Gasteiger charge is -2.40. The van der Waals surface area contributed by atoms with Crippen molar-refractivity contribution >= 4 is 39.9 Å². The van der Waals surface area contributed by atoms with E-state index in [4.69, 9.17) is 9.72 Å². The zero-order valence-corrected chi connectivity index (χ0v) is 21.7. The molecule has 0 aliphatic carbocycles. The molecule has 1 aliphatic rings. The number of amides is 1. The van der Waals surface area contributed by atoms with Gasteiger partial charge in [0.25, 0.3) is 0 Å². The molecule has 4 aromatic heterocycles. The number of rotatable bonds is 6. The molecule has 0 spiro atoms. The molecule has 196 valence electrons. The van der Waals surface area contributed by atoms with Crippen LogP contribution >= 0.6 is 0 Å². The number of piperazine rings is 1. The van der Waals surface area contributed by atoms with E-state index in [1.807, 2.05) is 60.5 Å². The summed E-state index contributed by atoms with van der Waals surface area (Å²) in [5.41, 5.74) is 3.93. The normalized spacial score (nSPS) is 15.5. The van der Waals surface area contributed by atoms with Crippen LogP contribution in [0.2, 0.25) is 0 Å². The first-order valence-electron chi connectivity index (χ1n) is 12.6. The smallest absolute Gasteiger partial charge is 0.246 e. The van der Waals surface area contributed by atoms with E-state index in [1.54, 1.807) is 4.52 Å². The molecule has 39 heavy (non-hydrogen) atoms. The lowest BCUT2D eigenvalue weighted by molar-refractivity contribution is -0.126. The maximum absolute atomic E-state index is 12.1. The Labute approximate surface area is 224 Å². The Balaban J connectivity index is 1.22. The van der Waals surface area contributed by atoms with Crippen LogP contribution < -0.4 is 15.0 Å². The average molecular weight is 522 g/mol. The van der Waals surface area contributed by atoms with Gasteiger partial charge in [0.15, 0.2) is 11.5 Å². The van der Waals surface area contributed by atoms with Gasteiger partial charge in [0.05, 0.1) is 5.52 Å². The summed E-state index contributed by atoms with van der Waals surface area (Å²) >= 11 is 0. The number of hydrogen-bond donors (Lipinski definition) is 1. The van der Waals surface area contributed by atoms with Crippen LogP contribution in [0.3, 0.4) is 0 Å². The largest absolute Gasteiger partial charge is 0.457 e. The van der Waals surface area contributed by atoms with Gasteiger partial charge in [-0.05, 0) is 61.9 Å². The van der Waals surface area contributed by atoms with E-state index in [9.17, 15) is 4.79 Å². The summed E-state index contributed by atoms with van der Waals surface area (Å²) in [6, 6.07) is 13.6. The van der Waals surface area contributed by atoms with Gasteiger partial charge in [0.1, 0.15) is 35.5 Å². The highest BCUT2D eigenvalue weighted by molar-refractivity contribution is 5.89. The summed E-state index contributed by atoms with van der Waals surface area (Å²) in [5, 5.41) is 7.51. The van der Waals surface area contributed by atoms with Crippen molar-refractivity contribution < 1.29 is 9.53 Å². The van der Waals surface area contributed by atoms with Crippen molar-refractivity contribution in [3.8, 4) is 11.5 Å². The van der Waals surface area contributed by atoms with Gasteiger partial charge in [0.2, 0.25) is 5.91 Å². The average Bonchev–Trinajstić information content (AvgIpc) is 3.42. The Hall–Kier alpha value is -5.06. The van der Waals surface area contributed by atoms with Crippen molar-refractivity contribution in [1.82, 2.24) is 34.4 Å². The summed E-state index contributed by atoms with van der Waals surface area (Å²) in [7, 11) is 0. The number of pyridine rings is 2. The summed E-state index contributed by atoms with van der Waals surface area (Å²) in [6.07, 6.45) is 6.21. The highest BCUT2D eigenvalue weighted by Crippen LogP contribution is 2.30. The molecule has 0 bridgehead atoms. The molecule has 5 heterocycles. The van der Waals surface area contributed by atoms with Gasteiger partial charge < -0.3 is 19.9 Å². The fourth-order valence-corrected chi connectivity index (χ4v) is 4.77. The molecule has 0 unspecified atom stereocenters. The molecule has 6 rings (SSSR count). The van der Waals surface area contributed by atoms with Gasteiger partial charge in [-0.25, -0.2) is 24.5 Å². The standard InChI is InChI=1S/C28H27N9O2/c1-4-26(38)35-11-12-36(19(3)15-35)24-8-6-22-27(34-24)28(31-16-29-22)33-20-5-7-23(18(2)13-20)39-21-9-10-37-25(14-21)30-17-32-37/h4-10,13-14,16-17,19H,1,11-12,15H2,2-3H3,(H,29,31,33)/t19-/m0/s1. The second-order valence-corrected chi connectivity index (χ2v) is 9.42. The third kappa shape index (κ3) is 4.81. The number of hydrogen-bond acceptors (Lipinski definition) is 9. The van der Waals surface area contributed by atoms with Crippen molar-refractivity contribution in [2.24, 2.45) is 0 Å². The van der Waals surface area contributed by atoms with Gasteiger partial charge in [0, 0.05) is 43.6 Å². The van der Waals surface area contributed by atoms with Gasteiger partial charge in [-0.3, -0.25) is 4.79 Å². The fraction of sp³-hybridized carbons (Fsp3) is 0.214.